The Kier molecular flexibility index (Phi) is 7.22. The normalized spacial score (nSPS) is 19.8. The van der Waals surface area contributed by atoms with Crippen LogP contribution in [0.4, 0.5) is 0 Å². The molecule has 0 amide bonds. The molecule has 38 heavy (non-hydrogen) atoms. The third kappa shape index (κ3) is 4.57. The summed E-state index contributed by atoms with van der Waals surface area (Å²) in [6.07, 6.45) is -1.16. The minimum atomic E-state index is -2.82. The van der Waals surface area contributed by atoms with Gasteiger partial charge in [-0.2, -0.15) is 0 Å². The van der Waals surface area contributed by atoms with Gasteiger partial charge in [-0.15, -0.1) is 0 Å². The quantitative estimate of drug-likeness (QED) is 0.348. The molecule has 0 saturated carbocycles. The van der Waals surface area contributed by atoms with Gasteiger partial charge in [0.1, 0.15) is 5.75 Å². The summed E-state index contributed by atoms with van der Waals surface area (Å²) in [7, 11) is -1.31. The van der Waals surface area contributed by atoms with E-state index >= 15 is 0 Å². The second kappa shape index (κ2) is 10.4. The third-order valence-corrected chi connectivity index (χ3v) is 12.5. The second-order valence-electron chi connectivity index (χ2n) is 10.8. The van der Waals surface area contributed by atoms with E-state index in [1.54, 1.807) is 12.1 Å². The Labute approximate surface area is 224 Å². The number of aliphatic hydroxyl groups excluding tert-OH is 1. The van der Waals surface area contributed by atoms with Crippen molar-refractivity contribution in [2.24, 2.45) is 11.8 Å². The zero-order valence-corrected chi connectivity index (χ0v) is 23.2. The Hall–Kier alpha value is -3.33. The smallest absolute Gasteiger partial charge is 0.312 e. The van der Waals surface area contributed by atoms with Gasteiger partial charge in [0.15, 0.2) is 11.5 Å². The molecular formula is C30H34O7Si. The predicted molar refractivity (Wildman–Crippen MR) is 146 cm³/mol. The minimum absolute atomic E-state index is 0.0957. The van der Waals surface area contributed by atoms with Gasteiger partial charge in [-0.1, -0.05) is 81.4 Å². The SMILES string of the molecule is COc1cc2c(cc1[C@H](O)[C@H]1C(=O)OC[C@@H]1CO[Si](c1ccccc1)(c1ccccc1)C(C)(C)C)OCO2. The molecule has 3 aromatic carbocycles. The number of aliphatic hydroxyl groups is 1. The molecule has 2 heterocycles. The highest BCUT2D eigenvalue weighted by Gasteiger charge is 2.52. The topological polar surface area (TPSA) is 83.5 Å². The number of fused-ring (bicyclic) bond motifs is 1. The highest BCUT2D eigenvalue weighted by atomic mass is 28.4. The number of hydrogen-bond acceptors (Lipinski definition) is 7. The number of ether oxygens (including phenoxy) is 4. The molecule has 0 bridgehead atoms. The van der Waals surface area contributed by atoms with Crippen LogP contribution >= 0.6 is 0 Å². The molecular weight excluding hydrogens is 500 g/mol. The van der Waals surface area contributed by atoms with Crippen molar-refractivity contribution < 1.29 is 33.3 Å². The van der Waals surface area contributed by atoms with E-state index in [-0.39, 0.29) is 31.0 Å². The molecule has 2 aliphatic rings. The van der Waals surface area contributed by atoms with Crippen molar-refractivity contribution in [2.75, 3.05) is 27.1 Å². The van der Waals surface area contributed by atoms with Crippen LogP contribution in [0, 0.1) is 11.8 Å². The fraction of sp³-hybridized carbons (Fsp3) is 0.367. The van der Waals surface area contributed by atoms with E-state index in [9.17, 15) is 9.90 Å². The lowest BCUT2D eigenvalue weighted by atomic mass is 9.86. The molecule has 200 valence electrons. The first-order valence-corrected chi connectivity index (χ1v) is 14.7. The number of methoxy groups -OCH3 is 1. The van der Waals surface area contributed by atoms with Crippen molar-refractivity contribution in [3.63, 3.8) is 0 Å². The summed E-state index contributed by atoms with van der Waals surface area (Å²) in [5.74, 6) is -0.150. The molecule has 8 heteroatoms. The van der Waals surface area contributed by atoms with Crippen LogP contribution in [-0.4, -0.2) is 46.5 Å². The van der Waals surface area contributed by atoms with E-state index in [4.69, 9.17) is 23.4 Å². The van der Waals surface area contributed by atoms with E-state index in [1.807, 2.05) is 36.4 Å². The van der Waals surface area contributed by atoms with Crippen molar-refractivity contribution in [1.82, 2.24) is 0 Å². The molecule has 0 aromatic heterocycles. The molecule has 1 saturated heterocycles. The summed E-state index contributed by atoms with van der Waals surface area (Å²) in [4.78, 5) is 13.0. The van der Waals surface area contributed by atoms with Crippen LogP contribution in [0.2, 0.25) is 5.04 Å². The summed E-state index contributed by atoms with van der Waals surface area (Å²) in [6, 6.07) is 24.0. The van der Waals surface area contributed by atoms with Crippen molar-refractivity contribution in [3.8, 4) is 17.2 Å². The van der Waals surface area contributed by atoms with Crippen molar-refractivity contribution in [2.45, 2.75) is 31.9 Å². The average Bonchev–Trinajstić information content (AvgIpc) is 3.54. The summed E-state index contributed by atoms with van der Waals surface area (Å²) >= 11 is 0. The zero-order valence-electron chi connectivity index (χ0n) is 22.2. The monoisotopic (exact) mass is 534 g/mol. The van der Waals surface area contributed by atoms with E-state index in [0.29, 0.717) is 22.8 Å². The number of cyclic esters (lactones) is 1. The van der Waals surface area contributed by atoms with Gasteiger partial charge in [0.2, 0.25) is 6.79 Å². The van der Waals surface area contributed by atoms with Crippen molar-refractivity contribution >= 4 is 24.7 Å². The summed E-state index contributed by atoms with van der Waals surface area (Å²) in [5, 5.41) is 13.6. The number of esters is 1. The Balaban J connectivity index is 1.49. The molecule has 3 atom stereocenters. The molecule has 0 unspecified atom stereocenters. The van der Waals surface area contributed by atoms with Crippen LogP contribution in [0.5, 0.6) is 17.2 Å². The van der Waals surface area contributed by atoms with Crippen LogP contribution in [0.3, 0.4) is 0 Å². The van der Waals surface area contributed by atoms with Gasteiger partial charge in [0, 0.05) is 24.2 Å². The molecule has 2 aliphatic heterocycles. The zero-order chi connectivity index (χ0) is 26.9. The maximum atomic E-state index is 13.0. The Morgan fingerprint density at radius 2 is 1.53 bits per heavy atom. The molecule has 5 rings (SSSR count). The first kappa shape index (κ1) is 26.3. The Morgan fingerprint density at radius 3 is 2.08 bits per heavy atom. The standard InChI is InChI=1S/C30H34O7Si/c1-30(2,3)38(21-11-7-5-8-12-21,22-13-9-6-10-14-22)37-18-20-17-34-29(32)27(20)28(31)23-15-25-26(36-19-35-25)16-24(23)33-4/h5-16,20,27-28,31H,17-19H2,1-4H3/t20-,27+,28+/m1/s1. The lowest BCUT2D eigenvalue weighted by Gasteiger charge is -2.43. The second-order valence-corrected chi connectivity index (χ2v) is 15.1. The van der Waals surface area contributed by atoms with Crippen LogP contribution in [0.25, 0.3) is 0 Å². The van der Waals surface area contributed by atoms with E-state index in [2.05, 4.69) is 45.0 Å². The van der Waals surface area contributed by atoms with Crippen LogP contribution in [0.1, 0.15) is 32.4 Å². The first-order valence-electron chi connectivity index (χ1n) is 12.8. The average molecular weight is 535 g/mol. The number of benzene rings is 3. The molecule has 0 radical (unpaired) electrons. The van der Waals surface area contributed by atoms with E-state index < -0.39 is 26.3 Å². The number of hydrogen-bond donors (Lipinski definition) is 1. The third-order valence-electron chi connectivity index (χ3n) is 7.53. The fourth-order valence-electron chi connectivity index (χ4n) is 5.65. The van der Waals surface area contributed by atoms with Crippen molar-refractivity contribution in [3.05, 3.63) is 78.4 Å². The molecule has 7 nitrogen and oxygen atoms in total. The van der Waals surface area contributed by atoms with E-state index in [0.717, 1.165) is 10.4 Å². The van der Waals surface area contributed by atoms with Crippen LogP contribution in [-0.2, 0) is 14.0 Å². The van der Waals surface area contributed by atoms with E-state index in [1.165, 1.54) is 7.11 Å². The largest absolute Gasteiger partial charge is 0.496 e. The maximum absolute atomic E-state index is 13.0. The predicted octanol–water partition coefficient (Wildman–Crippen LogP) is 3.82. The van der Waals surface area contributed by atoms with Gasteiger partial charge >= 0.3 is 5.97 Å². The van der Waals surface area contributed by atoms with Gasteiger partial charge in [-0.25, -0.2) is 0 Å². The van der Waals surface area contributed by atoms with Gasteiger partial charge in [0.25, 0.3) is 8.32 Å². The Bertz CT molecular complexity index is 1230. The molecule has 0 aliphatic carbocycles. The lowest BCUT2D eigenvalue weighted by molar-refractivity contribution is -0.144. The molecule has 3 aromatic rings. The van der Waals surface area contributed by atoms with Crippen molar-refractivity contribution in [1.29, 1.82) is 0 Å². The van der Waals surface area contributed by atoms with Gasteiger partial charge in [-0.3, -0.25) is 4.79 Å². The highest BCUT2D eigenvalue weighted by molar-refractivity contribution is 6.99. The maximum Gasteiger partial charge on any atom is 0.312 e. The molecule has 1 fully saturated rings. The van der Waals surface area contributed by atoms with Gasteiger partial charge in [-0.05, 0) is 21.5 Å². The van der Waals surface area contributed by atoms with Gasteiger partial charge < -0.3 is 28.5 Å². The summed E-state index contributed by atoms with van der Waals surface area (Å²) in [5.41, 5.74) is 0.455. The van der Waals surface area contributed by atoms with Crippen LogP contribution in [0.15, 0.2) is 72.8 Å². The minimum Gasteiger partial charge on any atom is -0.496 e. The number of rotatable bonds is 8. The number of carbonyl (C=O) groups excluding carboxylic acids is 1. The fourth-order valence-corrected chi connectivity index (χ4v) is 10.3. The lowest BCUT2D eigenvalue weighted by Crippen LogP contribution is -2.67. The van der Waals surface area contributed by atoms with Crippen LogP contribution < -0.4 is 24.6 Å². The highest BCUT2D eigenvalue weighted by Crippen LogP contribution is 2.45. The first-order chi connectivity index (χ1) is 18.3. The summed E-state index contributed by atoms with van der Waals surface area (Å²) < 4.78 is 29.0. The van der Waals surface area contributed by atoms with Gasteiger partial charge in [0.05, 0.1) is 25.7 Å². The number of carbonyl (C=O) groups is 1. The molecule has 0 spiro atoms. The Morgan fingerprint density at radius 1 is 0.947 bits per heavy atom. The molecule has 1 N–H and O–H groups in total. The summed E-state index contributed by atoms with van der Waals surface area (Å²) in [6.45, 7) is 7.15.